The minimum atomic E-state index is -1.25. The van der Waals surface area contributed by atoms with Crippen molar-refractivity contribution in [2.24, 2.45) is 0 Å². The Bertz CT molecular complexity index is 710. The monoisotopic (exact) mass is 376 g/mol. The third-order valence-electron chi connectivity index (χ3n) is 3.14. The number of halogens is 1. The molecule has 1 aromatic rings. The molecule has 1 saturated heterocycles. The van der Waals surface area contributed by atoms with Gasteiger partial charge in [0.1, 0.15) is 6.10 Å². The summed E-state index contributed by atoms with van der Waals surface area (Å²) >= 11 is 3.16. The quantitative estimate of drug-likeness (QED) is 0.375. The number of alkyl halides is 1. The van der Waals surface area contributed by atoms with E-state index in [1.54, 1.807) is 0 Å². The summed E-state index contributed by atoms with van der Waals surface area (Å²) in [5, 5.41) is 27.8. The molecular weight excluding hydrogens is 364 g/mol. The number of H-pyrrole nitrogens is 1. The topological polar surface area (TPSA) is 142 Å². The lowest BCUT2D eigenvalue weighted by Crippen LogP contribution is -2.37. The molecule has 1 aliphatic rings. The van der Waals surface area contributed by atoms with E-state index in [4.69, 9.17) is 14.9 Å². The van der Waals surface area contributed by atoms with Crippen molar-refractivity contribution < 1.29 is 24.9 Å². The smallest absolute Gasteiger partial charge is 0.330 e. The summed E-state index contributed by atoms with van der Waals surface area (Å²) in [6.07, 6.45) is -0.131. The lowest BCUT2D eigenvalue weighted by molar-refractivity contribution is -0.131. The van der Waals surface area contributed by atoms with Gasteiger partial charge < -0.3 is 20.1 Å². The fourth-order valence-corrected chi connectivity index (χ4v) is 2.61. The van der Waals surface area contributed by atoms with Crippen LogP contribution in [0, 0.1) is 0 Å². The maximum absolute atomic E-state index is 11.9. The normalized spacial score (nSPS) is 28.3. The van der Waals surface area contributed by atoms with Crippen molar-refractivity contribution >= 4 is 28.0 Å². The number of carbonyl (C=O) groups is 1. The van der Waals surface area contributed by atoms with Crippen LogP contribution in [-0.2, 0) is 9.53 Å². The van der Waals surface area contributed by atoms with Gasteiger partial charge in [0.2, 0.25) is 0 Å². The number of nitrogens with zero attached hydrogens (tertiary/aromatic N) is 1. The molecule has 120 valence electrons. The molecule has 4 atom stereocenters. The number of aliphatic hydroxyl groups is 2. The molecule has 0 unspecified atom stereocenters. The van der Waals surface area contributed by atoms with Crippen LogP contribution in [0.2, 0.25) is 0 Å². The predicted octanol–water partition coefficient (Wildman–Crippen LogP) is -1.35. The number of nitrogens with one attached hydrogen (secondary N) is 1. The van der Waals surface area contributed by atoms with E-state index in [0.717, 1.165) is 22.9 Å². The first-order valence-electron chi connectivity index (χ1n) is 6.20. The number of rotatable bonds is 4. The first kappa shape index (κ1) is 16.6. The molecule has 1 aliphatic heterocycles. The minimum Gasteiger partial charge on any atom is -0.478 e. The van der Waals surface area contributed by atoms with Gasteiger partial charge in [0, 0.05) is 12.3 Å². The minimum absolute atomic E-state index is 0.0867. The van der Waals surface area contributed by atoms with Gasteiger partial charge in [0.05, 0.1) is 23.1 Å². The van der Waals surface area contributed by atoms with Crippen LogP contribution >= 0.6 is 15.9 Å². The largest absolute Gasteiger partial charge is 0.478 e. The fraction of sp³-hybridized carbons (Fsp3) is 0.417. The van der Waals surface area contributed by atoms with E-state index in [1.165, 1.54) is 0 Å². The molecule has 2 heterocycles. The molecule has 1 fully saturated rings. The molecular formula is C12H13BrN2O7. The van der Waals surface area contributed by atoms with Crippen LogP contribution in [0.15, 0.2) is 21.9 Å². The summed E-state index contributed by atoms with van der Waals surface area (Å²) in [6.45, 7) is -0.368. The molecule has 0 bridgehead atoms. The highest BCUT2D eigenvalue weighted by Crippen LogP contribution is 2.32. The SMILES string of the molecule is O=C(O)C=Cc1cn([C@@H]2O[C@H](CO)[C@H](Br)[C@H]2O)c(=O)[nH]c1=O. The van der Waals surface area contributed by atoms with Gasteiger partial charge in [-0.1, -0.05) is 15.9 Å². The molecule has 4 N–H and O–H groups in total. The maximum Gasteiger partial charge on any atom is 0.330 e. The zero-order chi connectivity index (χ0) is 16.4. The van der Waals surface area contributed by atoms with Gasteiger partial charge in [0.15, 0.2) is 6.23 Å². The van der Waals surface area contributed by atoms with Gasteiger partial charge in [-0.15, -0.1) is 0 Å². The first-order valence-corrected chi connectivity index (χ1v) is 7.11. The van der Waals surface area contributed by atoms with Crippen molar-refractivity contribution in [2.75, 3.05) is 6.61 Å². The van der Waals surface area contributed by atoms with E-state index in [2.05, 4.69) is 15.9 Å². The predicted molar refractivity (Wildman–Crippen MR) is 77.7 cm³/mol. The lowest BCUT2D eigenvalue weighted by atomic mass is 10.2. The van der Waals surface area contributed by atoms with Gasteiger partial charge >= 0.3 is 11.7 Å². The molecule has 0 saturated carbocycles. The summed E-state index contributed by atoms with van der Waals surface area (Å²) in [5.41, 5.74) is -1.67. The van der Waals surface area contributed by atoms with Crippen molar-refractivity contribution in [2.45, 2.75) is 23.3 Å². The number of aromatic nitrogens is 2. The second-order valence-corrected chi connectivity index (χ2v) is 5.66. The Kier molecular flexibility index (Phi) is 4.96. The zero-order valence-corrected chi connectivity index (χ0v) is 12.6. The van der Waals surface area contributed by atoms with Crippen LogP contribution in [0.5, 0.6) is 0 Å². The second kappa shape index (κ2) is 6.57. The van der Waals surface area contributed by atoms with Crippen LogP contribution in [0.1, 0.15) is 11.8 Å². The van der Waals surface area contributed by atoms with Crippen molar-refractivity contribution in [1.29, 1.82) is 0 Å². The van der Waals surface area contributed by atoms with E-state index < -0.39 is 40.5 Å². The van der Waals surface area contributed by atoms with Gasteiger partial charge in [-0.05, 0) is 6.08 Å². The first-order chi connectivity index (χ1) is 10.3. The maximum atomic E-state index is 11.9. The van der Waals surface area contributed by atoms with Gasteiger partial charge in [-0.3, -0.25) is 14.3 Å². The van der Waals surface area contributed by atoms with Gasteiger partial charge in [-0.2, -0.15) is 0 Å². The third kappa shape index (κ3) is 3.19. The van der Waals surface area contributed by atoms with E-state index in [0.29, 0.717) is 0 Å². The van der Waals surface area contributed by atoms with Crippen molar-refractivity contribution in [3.63, 3.8) is 0 Å². The van der Waals surface area contributed by atoms with E-state index in [9.17, 15) is 19.5 Å². The number of aromatic amines is 1. The average molecular weight is 377 g/mol. The van der Waals surface area contributed by atoms with Crippen LogP contribution in [0.25, 0.3) is 6.08 Å². The third-order valence-corrected chi connectivity index (χ3v) is 4.27. The number of aliphatic carboxylic acids is 1. The molecule has 0 aliphatic carbocycles. The van der Waals surface area contributed by atoms with Crippen molar-refractivity contribution in [1.82, 2.24) is 9.55 Å². The average Bonchev–Trinajstić information content (AvgIpc) is 2.74. The Morgan fingerprint density at radius 3 is 2.73 bits per heavy atom. The lowest BCUT2D eigenvalue weighted by Gasteiger charge is -2.17. The molecule has 10 heteroatoms. The van der Waals surface area contributed by atoms with Crippen LogP contribution in [0.4, 0.5) is 0 Å². The highest BCUT2D eigenvalue weighted by Gasteiger charge is 2.43. The van der Waals surface area contributed by atoms with Gasteiger partial charge in [-0.25, -0.2) is 9.59 Å². The zero-order valence-electron chi connectivity index (χ0n) is 11.0. The summed E-state index contributed by atoms with van der Waals surface area (Å²) < 4.78 is 6.32. The standard InChI is InChI=1S/C12H13BrN2O7/c13-8-6(4-16)22-11(9(8)19)15-3-5(1-2-7(17)18)10(20)14-12(15)21/h1-3,6,8-9,11,16,19H,4H2,(H,17,18)(H,14,20,21)/t6-,8+,9-,11-/m1/s1. The molecule has 22 heavy (non-hydrogen) atoms. The molecule has 1 aromatic heterocycles. The molecule has 0 radical (unpaired) electrons. The number of ether oxygens (including phenoxy) is 1. The molecule has 9 nitrogen and oxygen atoms in total. The Morgan fingerprint density at radius 2 is 2.18 bits per heavy atom. The fourth-order valence-electron chi connectivity index (χ4n) is 2.06. The van der Waals surface area contributed by atoms with Crippen LogP contribution < -0.4 is 11.2 Å². The van der Waals surface area contributed by atoms with Crippen LogP contribution in [0.3, 0.4) is 0 Å². The Hall–Kier alpha value is -1.75. The van der Waals surface area contributed by atoms with E-state index in [1.807, 2.05) is 4.98 Å². The second-order valence-electron chi connectivity index (χ2n) is 4.61. The Balaban J connectivity index is 2.44. The number of aliphatic hydroxyl groups excluding tert-OH is 2. The van der Waals surface area contributed by atoms with E-state index >= 15 is 0 Å². The Morgan fingerprint density at radius 1 is 1.50 bits per heavy atom. The number of hydrogen-bond acceptors (Lipinski definition) is 6. The molecule has 0 amide bonds. The Labute approximate surface area is 131 Å². The number of carboxylic acid groups (broad SMARTS) is 1. The summed E-state index contributed by atoms with van der Waals surface area (Å²) in [7, 11) is 0. The van der Waals surface area contributed by atoms with E-state index in [-0.39, 0.29) is 12.2 Å². The molecule has 0 aromatic carbocycles. The number of hydrogen-bond donors (Lipinski definition) is 4. The summed E-state index contributed by atoms with van der Waals surface area (Å²) in [4.78, 5) is 35.4. The van der Waals surface area contributed by atoms with Gasteiger partial charge in [0.25, 0.3) is 5.56 Å². The molecule has 0 spiro atoms. The van der Waals surface area contributed by atoms with Crippen LogP contribution in [-0.4, -0.2) is 54.5 Å². The van der Waals surface area contributed by atoms with Crippen molar-refractivity contribution in [3.8, 4) is 0 Å². The summed E-state index contributed by atoms with van der Waals surface area (Å²) in [6, 6.07) is 0. The molecule has 2 rings (SSSR count). The highest BCUT2D eigenvalue weighted by molar-refractivity contribution is 9.09. The number of carboxylic acids is 1. The highest BCUT2D eigenvalue weighted by atomic mass is 79.9. The summed E-state index contributed by atoms with van der Waals surface area (Å²) in [5.74, 6) is -1.25. The van der Waals surface area contributed by atoms with Crippen molar-refractivity contribution in [3.05, 3.63) is 38.7 Å².